The molecule has 0 amide bonds. The van der Waals surface area contributed by atoms with Crippen molar-refractivity contribution < 1.29 is 9.53 Å². The molecule has 0 atom stereocenters. The van der Waals surface area contributed by atoms with Gasteiger partial charge >= 0.3 is 92.1 Å². The molecule has 0 spiro atoms. The molecule has 1 rings (SSSR count). The zero-order chi connectivity index (χ0) is 10.2. The van der Waals surface area contributed by atoms with Crippen LogP contribution in [0, 0.1) is 10.2 Å². The van der Waals surface area contributed by atoms with Gasteiger partial charge in [-0.2, -0.15) is 0 Å². The van der Waals surface area contributed by atoms with Crippen molar-refractivity contribution in [1.82, 2.24) is 0 Å². The molecule has 0 aliphatic rings. The molecule has 1 heterocycles. The van der Waals surface area contributed by atoms with Crippen LogP contribution >= 0.6 is 11.3 Å². The van der Waals surface area contributed by atoms with Crippen LogP contribution < -0.4 is 0 Å². The Bertz CT molecular complexity index is 353. The molecule has 14 heavy (non-hydrogen) atoms. The Balaban J connectivity index is 2.26. The van der Waals surface area contributed by atoms with Gasteiger partial charge in [0.1, 0.15) is 0 Å². The number of esters is 1. The standard InChI is InChI=1S/C9H7NO2SSe/c10-7-14-5-3-9(11)12-6-8-2-1-4-13-8/h1-5H,6H2/b5-3-. The molecule has 0 N–H and O–H groups in total. The molecule has 3 nitrogen and oxygen atoms in total. The summed E-state index contributed by atoms with van der Waals surface area (Å²) in [5.41, 5.74) is 0. The van der Waals surface area contributed by atoms with E-state index in [0.29, 0.717) is 6.61 Å². The first kappa shape index (κ1) is 11.0. The van der Waals surface area contributed by atoms with E-state index in [9.17, 15) is 4.79 Å². The minimum atomic E-state index is -0.393. The van der Waals surface area contributed by atoms with Crippen molar-refractivity contribution in [3.63, 3.8) is 0 Å². The number of hydrogen-bond donors (Lipinski definition) is 0. The average molecular weight is 272 g/mol. The maximum atomic E-state index is 11.0. The Kier molecular flexibility index (Phi) is 5.02. The van der Waals surface area contributed by atoms with Crippen LogP contribution in [-0.4, -0.2) is 20.9 Å². The van der Waals surface area contributed by atoms with E-state index in [-0.39, 0.29) is 15.0 Å². The van der Waals surface area contributed by atoms with E-state index in [2.05, 4.69) is 0 Å². The molecule has 0 radical (unpaired) electrons. The second-order valence-corrected chi connectivity index (χ2v) is 4.68. The second kappa shape index (κ2) is 6.38. The van der Waals surface area contributed by atoms with E-state index in [1.165, 1.54) is 6.08 Å². The van der Waals surface area contributed by atoms with Crippen LogP contribution in [0.15, 0.2) is 28.6 Å². The molecule has 0 saturated carbocycles. The van der Waals surface area contributed by atoms with Crippen LogP contribution in [0.3, 0.4) is 0 Å². The first-order valence-electron chi connectivity index (χ1n) is 3.73. The third kappa shape index (κ3) is 4.24. The molecule has 0 fully saturated rings. The van der Waals surface area contributed by atoms with Gasteiger partial charge < -0.3 is 0 Å². The number of hydrogen-bond acceptors (Lipinski definition) is 4. The number of thiophene rings is 1. The number of ether oxygens (including phenoxy) is 1. The molecular weight excluding hydrogens is 265 g/mol. The van der Waals surface area contributed by atoms with Crippen LogP contribution in [0.5, 0.6) is 0 Å². The van der Waals surface area contributed by atoms with Gasteiger partial charge in [0.05, 0.1) is 0 Å². The van der Waals surface area contributed by atoms with Crippen molar-refractivity contribution in [1.29, 1.82) is 5.26 Å². The monoisotopic (exact) mass is 273 g/mol. The summed E-state index contributed by atoms with van der Waals surface area (Å²) in [4.78, 5) is 15.5. The molecule has 5 heteroatoms. The summed E-state index contributed by atoms with van der Waals surface area (Å²) >= 11 is 1.28. The maximum absolute atomic E-state index is 11.0. The van der Waals surface area contributed by atoms with Crippen molar-refractivity contribution in [2.24, 2.45) is 0 Å². The van der Waals surface area contributed by atoms with Gasteiger partial charge in [-0.15, -0.1) is 0 Å². The summed E-state index contributed by atoms with van der Waals surface area (Å²) < 4.78 is 4.92. The third-order valence-electron chi connectivity index (χ3n) is 1.26. The summed E-state index contributed by atoms with van der Waals surface area (Å²) in [6.07, 6.45) is 1.30. The Morgan fingerprint density at radius 2 is 2.64 bits per heavy atom. The van der Waals surface area contributed by atoms with E-state index >= 15 is 0 Å². The van der Waals surface area contributed by atoms with Gasteiger partial charge in [0.2, 0.25) is 0 Å². The van der Waals surface area contributed by atoms with Crippen LogP contribution in [0.2, 0.25) is 0 Å². The fourth-order valence-corrected chi connectivity index (χ4v) is 1.82. The van der Waals surface area contributed by atoms with Gasteiger partial charge in [0.15, 0.2) is 0 Å². The minimum absolute atomic E-state index is 0.262. The Morgan fingerprint density at radius 1 is 1.79 bits per heavy atom. The van der Waals surface area contributed by atoms with Crippen molar-refractivity contribution >= 4 is 32.3 Å². The molecule has 1 aromatic rings. The molecule has 0 aliphatic carbocycles. The average Bonchev–Trinajstić information content (AvgIpc) is 2.68. The summed E-state index contributed by atoms with van der Waals surface area (Å²) in [5, 5.41) is 10.2. The zero-order valence-electron chi connectivity index (χ0n) is 7.17. The molecule has 0 bridgehead atoms. The van der Waals surface area contributed by atoms with Crippen molar-refractivity contribution in [3.8, 4) is 4.97 Å². The SMILES string of the molecule is N#C[Se]/C=C\C(=O)OCc1cccs1. The number of carbonyl (C=O) groups excluding carboxylic acids is 1. The normalized spacial score (nSPS) is 9.93. The van der Waals surface area contributed by atoms with Gasteiger partial charge in [0, 0.05) is 0 Å². The van der Waals surface area contributed by atoms with E-state index < -0.39 is 5.97 Å². The van der Waals surface area contributed by atoms with E-state index in [1.807, 2.05) is 22.5 Å². The van der Waals surface area contributed by atoms with E-state index in [0.717, 1.165) is 4.88 Å². The summed E-state index contributed by atoms with van der Waals surface area (Å²) in [5.74, 6) is -0.393. The zero-order valence-corrected chi connectivity index (χ0v) is 9.70. The van der Waals surface area contributed by atoms with Gasteiger partial charge in [0.25, 0.3) is 0 Å². The quantitative estimate of drug-likeness (QED) is 0.474. The number of nitrogens with zero attached hydrogens (tertiary/aromatic N) is 1. The van der Waals surface area contributed by atoms with Gasteiger partial charge in [-0.1, -0.05) is 0 Å². The number of carbonyl (C=O) groups is 1. The fourth-order valence-electron chi connectivity index (χ4n) is 0.705. The number of nitriles is 1. The Labute approximate surface area is 92.2 Å². The predicted octanol–water partition coefficient (Wildman–Crippen LogP) is 1.49. The molecule has 0 saturated heterocycles. The molecule has 0 aromatic carbocycles. The van der Waals surface area contributed by atoms with Gasteiger partial charge in [-0.3, -0.25) is 0 Å². The summed E-state index contributed by atoms with van der Waals surface area (Å²) in [6.45, 7) is 0.306. The Hall–Kier alpha value is -1.08. The molecule has 1 aromatic heterocycles. The van der Waals surface area contributed by atoms with E-state index in [4.69, 9.17) is 10.00 Å². The predicted molar refractivity (Wildman–Crippen MR) is 54.6 cm³/mol. The van der Waals surface area contributed by atoms with Crippen LogP contribution in [0.25, 0.3) is 0 Å². The second-order valence-electron chi connectivity index (χ2n) is 2.20. The molecule has 72 valence electrons. The van der Waals surface area contributed by atoms with Gasteiger partial charge in [-0.25, -0.2) is 0 Å². The fraction of sp³-hybridized carbons (Fsp3) is 0.111. The molecular formula is C9H7NO2SSe. The van der Waals surface area contributed by atoms with Crippen molar-refractivity contribution in [2.45, 2.75) is 6.61 Å². The van der Waals surface area contributed by atoms with Crippen LogP contribution in [0.1, 0.15) is 4.88 Å². The van der Waals surface area contributed by atoms with Crippen molar-refractivity contribution in [2.75, 3.05) is 0 Å². The van der Waals surface area contributed by atoms with Crippen LogP contribution in [0.4, 0.5) is 0 Å². The molecule has 0 aliphatic heterocycles. The van der Waals surface area contributed by atoms with Gasteiger partial charge in [-0.05, 0) is 0 Å². The summed E-state index contributed by atoms with van der Waals surface area (Å²) in [7, 11) is 0. The third-order valence-corrected chi connectivity index (χ3v) is 2.90. The topological polar surface area (TPSA) is 50.1 Å². The van der Waals surface area contributed by atoms with Crippen molar-refractivity contribution in [3.05, 3.63) is 33.4 Å². The summed E-state index contributed by atoms with van der Waals surface area (Å²) in [6, 6.07) is 3.81. The Morgan fingerprint density at radius 3 is 3.29 bits per heavy atom. The molecule has 0 unspecified atom stereocenters. The first-order valence-corrected chi connectivity index (χ1v) is 6.46. The van der Waals surface area contributed by atoms with Crippen LogP contribution in [-0.2, 0) is 16.1 Å². The number of rotatable bonds is 4. The first-order chi connectivity index (χ1) is 6.83. The van der Waals surface area contributed by atoms with E-state index in [1.54, 1.807) is 16.3 Å².